The molecule has 5 nitrogen and oxygen atoms in total. The molecule has 3 aliphatic heterocycles. The predicted molar refractivity (Wildman–Crippen MR) is 86.1 cm³/mol. The van der Waals surface area contributed by atoms with Gasteiger partial charge in [-0.3, -0.25) is 4.74 Å². The van der Waals surface area contributed by atoms with Crippen LogP contribution in [0.2, 0.25) is 0 Å². The van der Waals surface area contributed by atoms with Crippen molar-refractivity contribution >= 4 is 21.9 Å². The van der Waals surface area contributed by atoms with Gasteiger partial charge in [-0.15, -0.1) is 0 Å². The van der Waals surface area contributed by atoms with Crippen LogP contribution in [0, 0.1) is 0 Å². The largest absolute Gasteiger partial charge is 0.465 e. The van der Waals surface area contributed by atoms with Gasteiger partial charge in [0.15, 0.2) is 0 Å². The normalized spacial score (nSPS) is 29.1. The van der Waals surface area contributed by atoms with E-state index in [1.54, 1.807) is 19.1 Å². The Morgan fingerprint density at radius 1 is 1.04 bits per heavy atom. The van der Waals surface area contributed by atoms with Gasteiger partial charge >= 0.3 is 5.97 Å². The van der Waals surface area contributed by atoms with Gasteiger partial charge in [0.05, 0.1) is 11.1 Å². The summed E-state index contributed by atoms with van der Waals surface area (Å²) in [5, 5.41) is 0. The van der Waals surface area contributed by atoms with Gasteiger partial charge in [0.2, 0.25) is 5.79 Å². The first-order valence-electron chi connectivity index (χ1n) is 7.41. The fraction of sp³-hybridized carbons (Fsp3) is 0.167. The number of carbonyl (C=O) groups is 1. The van der Waals surface area contributed by atoms with Crippen molar-refractivity contribution in [1.29, 1.82) is 0 Å². The van der Waals surface area contributed by atoms with Crippen LogP contribution in [0.15, 0.2) is 58.8 Å². The van der Waals surface area contributed by atoms with Crippen LogP contribution in [0.3, 0.4) is 0 Å². The maximum absolute atomic E-state index is 12.4. The van der Waals surface area contributed by atoms with Gasteiger partial charge in [0.1, 0.15) is 23.3 Å². The van der Waals surface area contributed by atoms with Crippen molar-refractivity contribution in [1.82, 2.24) is 0 Å². The van der Waals surface area contributed by atoms with Gasteiger partial charge in [-0.25, -0.2) is 4.79 Å². The molecule has 2 atom stereocenters. The van der Waals surface area contributed by atoms with Crippen LogP contribution in [0.5, 0.6) is 11.5 Å². The number of carbonyl (C=O) groups excluding carboxylic acids is 1. The SMILES string of the molecule is CC12OC=C3C(=O)Oc4ccccc4C3(Oc3ccc(Br)cc31)O2. The number of hydrogen-bond acceptors (Lipinski definition) is 5. The van der Waals surface area contributed by atoms with Crippen molar-refractivity contribution in [2.45, 2.75) is 18.5 Å². The second kappa shape index (κ2) is 4.40. The average Bonchev–Trinajstić information content (AvgIpc) is 2.55. The number of para-hydroxylation sites is 1. The van der Waals surface area contributed by atoms with E-state index >= 15 is 0 Å². The zero-order chi connectivity index (χ0) is 16.5. The second-order valence-corrected chi connectivity index (χ2v) is 6.86. The van der Waals surface area contributed by atoms with E-state index < -0.39 is 17.5 Å². The Labute approximate surface area is 145 Å². The maximum Gasteiger partial charge on any atom is 0.349 e. The molecule has 2 aromatic rings. The van der Waals surface area contributed by atoms with Crippen molar-refractivity contribution in [3.05, 3.63) is 69.9 Å². The first-order valence-corrected chi connectivity index (χ1v) is 8.20. The van der Waals surface area contributed by atoms with Gasteiger partial charge in [0, 0.05) is 11.4 Å². The van der Waals surface area contributed by atoms with Crippen LogP contribution in [0.4, 0.5) is 0 Å². The Kier molecular flexibility index (Phi) is 2.58. The zero-order valence-corrected chi connectivity index (χ0v) is 14.1. The molecule has 3 heterocycles. The van der Waals surface area contributed by atoms with Gasteiger partial charge in [-0.2, -0.15) is 0 Å². The molecule has 120 valence electrons. The highest BCUT2D eigenvalue weighted by Crippen LogP contribution is 2.56. The molecule has 0 fully saturated rings. The van der Waals surface area contributed by atoms with E-state index in [1.807, 2.05) is 30.3 Å². The van der Waals surface area contributed by atoms with Crippen molar-refractivity contribution in [3.63, 3.8) is 0 Å². The molecule has 2 bridgehead atoms. The topological polar surface area (TPSA) is 54.0 Å². The van der Waals surface area contributed by atoms with Gasteiger partial charge in [0.25, 0.3) is 5.79 Å². The number of esters is 1. The summed E-state index contributed by atoms with van der Waals surface area (Å²) in [5.74, 6) is -1.98. The molecule has 1 spiro atoms. The van der Waals surface area contributed by atoms with Crippen molar-refractivity contribution in [2.24, 2.45) is 0 Å². The third-order valence-electron chi connectivity index (χ3n) is 4.44. The van der Waals surface area contributed by atoms with E-state index in [-0.39, 0.29) is 5.57 Å². The molecule has 0 saturated heterocycles. The first-order chi connectivity index (χ1) is 11.5. The third kappa shape index (κ3) is 1.64. The maximum atomic E-state index is 12.4. The fourth-order valence-electron chi connectivity index (χ4n) is 3.32. The summed E-state index contributed by atoms with van der Waals surface area (Å²) >= 11 is 3.45. The standard InChI is InChI=1S/C18H11BrO5/c1-17-12-8-10(19)6-7-15(12)23-18(24-17)11-4-2-3-5-14(11)22-16(20)13(18)9-21-17/h2-9H,1H3. The third-order valence-corrected chi connectivity index (χ3v) is 4.94. The van der Waals surface area contributed by atoms with E-state index in [0.717, 1.165) is 10.0 Å². The molecule has 6 heteroatoms. The molecular formula is C18H11BrO5. The Balaban J connectivity index is 1.81. The minimum atomic E-state index is -1.38. The highest BCUT2D eigenvalue weighted by atomic mass is 79.9. The summed E-state index contributed by atoms with van der Waals surface area (Å²) < 4.78 is 24.5. The lowest BCUT2D eigenvalue weighted by molar-refractivity contribution is -0.348. The smallest absolute Gasteiger partial charge is 0.349 e. The Bertz CT molecular complexity index is 937. The molecule has 2 unspecified atom stereocenters. The number of benzene rings is 2. The number of fused-ring (bicyclic) bond motifs is 4. The fourth-order valence-corrected chi connectivity index (χ4v) is 3.68. The number of halogens is 1. The molecule has 0 N–H and O–H groups in total. The molecule has 0 radical (unpaired) electrons. The molecule has 0 aromatic heterocycles. The summed E-state index contributed by atoms with van der Waals surface area (Å²) in [6.45, 7) is 1.80. The predicted octanol–water partition coefficient (Wildman–Crippen LogP) is 3.72. The molecule has 0 saturated carbocycles. The van der Waals surface area contributed by atoms with E-state index in [2.05, 4.69) is 15.9 Å². The Morgan fingerprint density at radius 3 is 2.75 bits per heavy atom. The lowest BCUT2D eigenvalue weighted by Gasteiger charge is -2.50. The van der Waals surface area contributed by atoms with Crippen LogP contribution in [0.25, 0.3) is 0 Å². The van der Waals surface area contributed by atoms with Crippen molar-refractivity contribution < 1.29 is 23.7 Å². The van der Waals surface area contributed by atoms with E-state index in [4.69, 9.17) is 18.9 Å². The molecule has 5 rings (SSSR count). The molecule has 24 heavy (non-hydrogen) atoms. The lowest BCUT2D eigenvalue weighted by Crippen LogP contribution is -2.56. The highest BCUT2D eigenvalue weighted by Gasteiger charge is 2.61. The lowest BCUT2D eigenvalue weighted by atomic mass is 9.90. The van der Waals surface area contributed by atoms with E-state index in [0.29, 0.717) is 17.1 Å². The van der Waals surface area contributed by atoms with Crippen LogP contribution in [-0.2, 0) is 25.8 Å². The monoisotopic (exact) mass is 386 g/mol. The van der Waals surface area contributed by atoms with Crippen molar-refractivity contribution in [3.8, 4) is 11.5 Å². The molecule has 2 aromatic carbocycles. The summed E-state index contributed by atoms with van der Waals surface area (Å²) in [4.78, 5) is 12.4. The van der Waals surface area contributed by atoms with Crippen LogP contribution in [-0.4, -0.2) is 5.97 Å². The van der Waals surface area contributed by atoms with Crippen molar-refractivity contribution in [2.75, 3.05) is 0 Å². The van der Waals surface area contributed by atoms with Crippen LogP contribution >= 0.6 is 15.9 Å². The number of rotatable bonds is 0. The van der Waals surface area contributed by atoms with Gasteiger partial charge < -0.3 is 14.2 Å². The second-order valence-electron chi connectivity index (χ2n) is 5.94. The Hall–Kier alpha value is -2.31. The Morgan fingerprint density at radius 2 is 1.88 bits per heavy atom. The zero-order valence-electron chi connectivity index (χ0n) is 12.5. The number of ether oxygens (including phenoxy) is 4. The van der Waals surface area contributed by atoms with Gasteiger partial charge in [-0.05, 0) is 30.3 Å². The quantitative estimate of drug-likeness (QED) is 0.510. The summed E-state index contributed by atoms with van der Waals surface area (Å²) in [5.41, 5.74) is 1.57. The first kappa shape index (κ1) is 14.1. The molecule has 0 amide bonds. The minimum Gasteiger partial charge on any atom is -0.465 e. The summed E-state index contributed by atoms with van der Waals surface area (Å²) in [6.07, 6.45) is 1.38. The average molecular weight is 387 g/mol. The van der Waals surface area contributed by atoms with Crippen LogP contribution < -0.4 is 9.47 Å². The van der Waals surface area contributed by atoms with Crippen LogP contribution in [0.1, 0.15) is 18.1 Å². The molecule has 3 aliphatic rings. The molecular weight excluding hydrogens is 376 g/mol. The van der Waals surface area contributed by atoms with E-state index in [9.17, 15) is 4.79 Å². The van der Waals surface area contributed by atoms with E-state index in [1.165, 1.54) is 6.26 Å². The number of hydrogen-bond donors (Lipinski definition) is 0. The van der Waals surface area contributed by atoms with Gasteiger partial charge in [-0.1, -0.05) is 28.1 Å². The highest BCUT2D eigenvalue weighted by molar-refractivity contribution is 9.10. The molecule has 0 aliphatic carbocycles. The summed E-state index contributed by atoms with van der Waals surface area (Å²) in [7, 11) is 0. The minimum absolute atomic E-state index is 0.187. The summed E-state index contributed by atoms with van der Waals surface area (Å²) in [6, 6.07) is 12.8.